The Morgan fingerprint density at radius 3 is 2.80 bits per heavy atom. The summed E-state index contributed by atoms with van der Waals surface area (Å²) < 4.78 is 5.11. The van der Waals surface area contributed by atoms with Crippen LogP contribution in [0.25, 0.3) is 6.08 Å². The summed E-state index contributed by atoms with van der Waals surface area (Å²) in [5, 5.41) is 11.6. The molecule has 0 aliphatic heterocycles. The number of aliphatic carboxylic acids is 1. The Kier molecular flexibility index (Phi) is 6.76. The maximum atomic E-state index is 11.8. The van der Waals surface area contributed by atoms with Gasteiger partial charge in [0.2, 0.25) is 0 Å². The van der Waals surface area contributed by atoms with Crippen molar-refractivity contribution in [2.45, 2.75) is 6.92 Å². The summed E-state index contributed by atoms with van der Waals surface area (Å²) in [4.78, 5) is 22.2. The molecule has 0 spiro atoms. The van der Waals surface area contributed by atoms with Gasteiger partial charge >= 0.3 is 5.97 Å². The van der Waals surface area contributed by atoms with Crippen LogP contribution in [0.1, 0.15) is 22.8 Å². The lowest BCUT2D eigenvalue weighted by molar-refractivity contribution is -0.131. The molecule has 1 aromatic rings. The maximum absolute atomic E-state index is 11.8. The smallest absolute Gasteiger partial charge is 0.328 e. The summed E-state index contributed by atoms with van der Waals surface area (Å²) in [7, 11) is 0. The minimum atomic E-state index is -1.06. The van der Waals surface area contributed by atoms with Crippen molar-refractivity contribution in [3.8, 4) is 0 Å². The molecule has 0 aromatic heterocycles. The van der Waals surface area contributed by atoms with Gasteiger partial charge in [-0.1, -0.05) is 17.7 Å². The molecule has 2 N–H and O–H groups in total. The molecule has 1 rings (SSSR count). The first-order valence-corrected chi connectivity index (χ1v) is 6.49. The van der Waals surface area contributed by atoms with E-state index in [1.165, 1.54) is 12.1 Å². The Hall–Kier alpha value is -1.85. The number of amides is 1. The number of carbonyl (C=O) groups is 2. The van der Waals surface area contributed by atoms with Crippen LogP contribution in [0.4, 0.5) is 0 Å². The van der Waals surface area contributed by atoms with Gasteiger partial charge < -0.3 is 15.2 Å². The third-order valence-electron chi connectivity index (χ3n) is 2.40. The molecule has 0 unspecified atom stereocenters. The Bertz CT molecular complexity index is 514. The third-order valence-corrected chi connectivity index (χ3v) is 2.73. The van der Waals surface area contributed by atoms with Crippen LogP contribution in [0.2, 0.25) is 5.02 Å². The highest BCUT2D eigenvalue weighted by molar-refractivity contribution is 6.32. The number of hydrogen-bond acceptors (Lipinski definition) is 3. The fraction of sp³-hybridized carbons (Fsp3) is 0.286. The number of nitrogens with one attached hydrogen (secondary N) is 1. The van der Waals surface area contributed by atoms with Gasteiger partial charge in [0.1, 0.15) is 0 Å². The lowest BCUT2D eigenvalue weighted by atomic mass is 10.1. The van der Waals surface area contributed by atoms with Crippen molar-refractivity contribution in [2.75, 3.05) is 19.8 Å². The van der Waals surface area contributed by atoms with Crippen molar-refractivity contribution in [2.24, 2.45) is 0 Å². The van der Waals surface area contributed by atoms with Gasteiger partial charge in [-0.2, -0.15) is 0 Å². The second kappa shape index (κ2) is 8.35. The molecule has 0 atom stereocenters. The Labute approximate surface area is 122 Å². The monoisotopic (exact) mass is 297 g/mol. The number of carboxylic acids is 1. The molecular weight excluding hydrogens is 282 g/mol. The zero-order valence-corrected chi connectivity index (χ0v) is 11.8. The van der Waals surface area contributed by atoms with Gasteiger partial charge in [-0.05, 0) is 30.7 Å². The standard InChI is InChI=1S/C14H16ClNO4/c1-2-20-8-7-16-14(19)11-4-3-10(12(15)9-11)5-6-13(17)18/h3-6,9H,2,7-8H2,1H3,(H,16,19)(H,17,18)/b6-5+. The number of ether oxygens (including phenoxy) is 1. The van der Waals surface area contributed by atoms with Crippen molar-refractivity contribution < 1.29 is 19.4 Å². The molecular formula is C14H16ClNO4. The Morgan fingerprint density at radius 1 is 1.45 bits per heavy atom. The predicted octanol–water partition coefficient (Wildman–Crippen LogP) is 2.20. The Morgan fingerprint density at radius 2 is 2.20 bits per heavy atom. The SMILES string of the molecule is CCOCCNC(=O)c1ccc(/C=C/C(=O)O)c(Cl)c1. The minimum absolute atomic E-state index is 0.250. The van der Waals surface area contributed by atoms with Gasteiger partial charge in [-0.3, -0.25) is 4.79 Å². The third kappa shape index (κ3) is 5.42. The zero-order valence-electron chi connectivity index (χ0n) is 11.1. The van der Waals surface area contributed by atoms with Crippen molar-refractivity contribution in [3.05, 3.63) is 40.4 Å². The van der Waals surface area contributed by atoms with Gasteiger partial charge in [0.25, 0.3) is 5.91 Å². The van der Waals surface area contributed by atoms with E-state index in [4.69, 9.17) is 21.4 Å². The molecule has 0 fully saturated rings. The van der Waals surface area contributed by atoms with Crippen LogP contribution in [0.5, 0.6) is 0 Å². The maximum Gasteiger partial charge on any atom is 0.328 e. The van der Waals surface area contributed by atoms with E-state index in [9.17, 15) is 9.59 Å². The van der Waals surface area contributed by atoms with Crippen LogP contribution in [-0.4, -0.2) is 36.7 Å². The lowest BCUT2D eigenvalue weighted by Gasteiger charge is -2.06. The molecule has 1 amide bonds. The summed E-state index contributed by atoms with van der Waals surface area (Å²) in [6, 6.07) is 4.68. The van der Waals surface area contributed by atoms with Gasteiger partial charge in [0.05, 0.1) is 6.61 Å². The first kappa shape index (κ1) is 16.2. The van der Waals surface area contributed by atoms with E-state index in [-0.39, 0.29) is 5.91 Å². The highest BCUT2D eigenvalue weighted by Gasteiger charge is 2.07. The van der Waals surface area contributed by atoms with Crippen LogP contribution >= 0.6 is 11.6 Å². The highest BCUT2D eigenvalue weighted by Crippen LogP contribution is 2.19. The summed E-state index contributed by atoms with van der Waals surface area (Å²) >= 11 is 5.99. The molecule has 0 aliphatic carbocycles. The van der Waals surface area contributed by atoms with E-state index in [2.05, 4.69) is 5.32 Å². The van der Waals surface area contributed by atoms with Crippen LogP contribution in [-0.2, 0) is 9.53 Å². The van der Waals surface area contributed by atoms with Gasteiger partial charge in [-0.15, -0.1) is 0 Å². The number of carboxylic acid groups (broad SMARTS) is 1. The fourth-order valence-electron chi connectivity index (χ4n) is 1.45. The average molecular weight is 298 g/mol. The minimum Gasteiger partial charge on any atom is -0.478 e. The molecule has 0 aliphatic rings. The van der Waals surface area contributed by atoms with Gasteiger partial charge in [0.15, 0.2) is 0 Å². The van der Waals surface area contributed by atoms with E-state index >= 15 is 0 Å². The van der Waals surface area contributed by atoms with Crippen LogP contribution in [0.15, 0.2) is 24.3 Å². The lowest BCUT2D eigenvalue weighted by Crippen LogP contribution is -2.27. The second-order valence-corrected chi connectivity index (χ2v) is 4.27. The van der Waals surface area contributed by atoms with E-state index in [0.717, 1.165) is 6.08 Å². The second-order valence-electron chi connectivity index (χ2n) is 3.86. The fourth-order valence-corrected chi connectivity index (χ4v) is 1.69. The zero-order chi connectivity index (χ0) is 15.0. The summed E-state index contributed by atoms with van der Waals surface area (Å²) in [6.45, 7) is 3.36. The van der Waals surface area contributed by atoms with Crippen molar-refractivity contribution >= 4 is 29.6 Å². The Balaban J connectivity index is 2.66. The largest absolute Gasteiger partial charge is 0.478 e. The molecule has 0 heterocycles. The van der Waals surface area contributed by atoms with Crippen LogP contribution < -0.4 is 5.32 Å². The van der Waals surface area contributed by atoms with Crippen molar-refractivity contribution in [3.63, 3.8) is 0 Å². The summed E-state index contributed by atoms with van der Waals surface area (Å²) in [5.41, 5.74) is 0.957. The topological polar surface area (TPSA) is 75.6 Å². The van der Waals surface area contributed by atoms with E-state index in [1.807, 2.05) is 6.92 Å². The van der Waals surface area contributed by atoms with Crippen molar-refractivity contribution in [1.29, 1.82) is 0 Å². The number of hydrogen-bond donors (Lipinski definition) is 2. The molecule has 1 aromatic carbocycles. The van der Waals surface area contributed by atoms with Crippen LogP contribution in [0, 0.1) is 0 Å². The average Bonchev–Trinajstić information content (AvgIpc) is 2.41. The summed E-state index contributed by atoms with van der Waals surface area (Å²) in [5.74, 6) is -1.31. The molecule has 6 heteroatoms. The number of carbonyl (C=O) groups excluding carboxylic acids is 1. The highest BCUT2D eigenvalue weighted by atomic mass is 35.5. The molecule has 0 bridgehead atoms. The first-order chi connectivity index (χ1) is 9.54. The van der Waals surface area contributed by atoms with Gasteiger partial charge in [0, 0.05) is 29.8 Å². The van der Waals surface area contributed by atoms with E-state index in [1.54, 1.807) is 12.1 Å². The normalized spacial score (nSPS) is 10.7. The van der Waals surface area contributed by atoms with Gasteiger partial charge in [-0.25, -0.2) is 4.79 Å². The first-order valence-electron chi connectivity index (χ1n) is 6.11. The summed E-state index contributed by atoms with van der Waals surface area (Å²) in [6.07, 6.45) is 2.37. The van der Waals surface area contributed by atoms with E-state index in [0.29, 0.717) is 35.9 Å². The molecule has 0 saturated carbocycles. The quantitative estimate of drug-likeness (QED) is 0.597. The van der Waals surface area contributed by atoms with E-state index < -0.39 is 5.97 Å². The molecule has 20 heavy (non-hydrogen) atoms. The van der Waals surface area contributed by atoms with Crippen molar-refractivity contribution in [1.82, 2.24) is 5.32 Å². The number of benzene rings is 1. The molecule has 0 saturated heterocycles. The molecule has 108 valence electrons. The number of halogens is 1. The predicted molar refractivity (Wildman–Crippen MR) is 76.9 cm³/mol. The van der Waals surface area contributed by atoms with Crippen LogP contribution in [0.3, 0.4) is 0 Å². The molecule has 5 nitrogen and oxygen atoms in total. The number of rotatable bonds is 7. The molecule has 0 radical (unpaired) electrons.